The average molecular weight is 326 g/mol. The third-order valence-corrected chi connectivity index (χ3v) is 3.81. The fourth-order valence-corrected chi connectivity index (χ4v) is 2.53. The molecule has 0 aliphatic carbocycles. The summed E-state index contributed by atoms with van der Waals surface area (Å²) in [6.45, 7) is 1.76. The molecule has 2 aromatic carbocycles. The average Bonchev–Trinajstić information content (AvgIpc) is 2.91. The predicted molar refractivity (Wildman–Crippen MR) is 88.7 cm³/mol. The lowest BCUT2D eigenvalue weighted by Gasteiger charge is -2.06. The third-order valence-electron chi connectivity index (χ3n) is 3.81. The number of fused-ring (bicyclic) bond motifs is 1. The number of aryl methyl sites for hydroxylation is 1. The van der Waals surface area contributed by atoms with Gasteiger partial charge in [0.15, 0.2) is 0 Å². The molecule has 5 nitrogen and oxygen atoms in total. The van der Waals surface area contributed by atoms with Crippen molar-refractivity contribution in [1.82, 2.24) is 4.98 Å². The Morgan fingerprint density at radius 3 is 2.50 bits per heavy atom. The largest absolute Gasteiger partial charge is 0.465 e. The van der Waals surface area contributed by atoms with Crippen LogP contribution in [0.5, 0.6) is 0 Å². The SMILES string of the molecule is COC(=O)c1ccc(NC(=O)c2[nH]c3ccc(F)cc3c2C)cc1. The van der Waals surface area contributed by atoms with Crippen molar-refractivity contribution < 1.29 is 18.7 Å². The highest BCUT2D eigenvalue weighted by Crippen LogP contribution is 2.23. The van der Waals surface area contributed by atoms with Crippen molar-refractivity contribution in [2.24, 2.45) is 0 Å². The van der Waals surface area contributed by atoms with E-state index in [2.05, 4.69) is 15.0 Å². The van der Waals surface area contributed by atoms with E-state index in [1.165, 1.54) is 19.2 Å². The number of nitrogens with one attached hydrogen (secondary N) is 2. The van der Waals surface area contributed by atoms with Gasteiger partial charge in [0.1, 0.15) is 11.5 Å². The predicted octanol–water partition coefficient (Wildman–Crippen LogP) is 3.65. The quantitative estimate of drug-likeness (QED) is 0.722. The summed E-state index contributed by atoms with van der Waals surface area (Å²) in [6.07, 6.45) is 0. The van der Waals surface area contributed by atoms with Crippen LogP contribution in [0.4, 0.5) is 10.1 Å². The maximum Gasteiger partial charge on any atom is 0.337 e. The van der Waals surface area contributed by atoms with Crippen molar-refractivity contribution in [3.05, 3.63) is 65.1 Å². The zero-order valence-electron chi connectivity index (χ0n) is 13.1. The first-order valence-corrected chi connectivity index (χ1v) is 7.27. The summed E-state index contributed by atoms with van der Waals surface area (Å²) in [5.41, 5.74) is 2.67. The van der Waals surface area contributed by atoms with Crippen molar-refractivity contribution in [2.45, 2.75) is 6.92 Å². The molecule has 2 N–H and O–H groups in total. The van der Waals surface area contributed by atoms with E-state index in [9.17, 15) is 14.0 Å². The molecule has 6 heteroatoms. The van der Waals surface area contributed by atoms with Crippen molar-refractivity contribution in [1.29, 1.82) is 0 Å². The minimum Gasteiger partial charge on any atom is -0.465 e. The van der Waals surface area contributed by atoms with E-state index in [1.807, 2.05) is 0 Å². The zero-order valence-corrected chi connectivity index (χ0v) is 13.1. The van der Waals surface area contributed by atoms with Gasteiger partial charge in [0.2, 0.25) is 0 Å². The van der Waals surface area contributed by atoms with Crippen LogP contribution in [0.1, 0.15) is 26.4 Å². The van der Waals surface area contributed by atoms with Gasteiger partial charge in [-0.05, 0) is 55.0 Å². The van der Waals surface area contributed by atoms with E-state index >= 15 is 0 Å². The normalized spacial score (nSPS) is 10.6. The van der Waals surface area contributed by atoms with E-state index in [1.54, 1.807) is 37.3 Å². The number of methoxy groups -OCH3 is 1. The lowest BCUT2D eigenvalue weighted by molar-refractivity contribution is 0.0600. The third kappa shape index (κ3) is 2.86. The van der Waals surface area contributed by atoms with Crippen LogP contribution in [0, 0.1) is 12.7 Å². The number of H-pyrrole nitrogens is 1. The Kier molecular flexibility index (Phi) is 4.04. The van der Waals surface area contributed by atoms with Crippen molar-refractivity contribution in [3.8, 4) is 0 Å². The molecule has 0 atom stereocenters. The molecule has 0 unspecified atom stereocenters. The van der Waals surface area contributed by atoms with Crippen molar-refractivity contribution in [3.63, 3.8) is 0 Å². The highest BCUT2D eigenvalue weighted by Gasteiger charge is 2.15. The number of aromatic amines is 1. The maximum absolute atomic E-state index is 13.4. The molecule has 1 amide bonds. The van der Waals surface area contributed by atoms with Gasteiger partial charge in [-0.25, -0.2) is 9.18 Å². The molecule has 24 heavy (non-hydrogen) atoms. The van der Waals surface area contributed by atoms with Crippen LogP contribution < -0.4 is 5.32 Å². The fraction of sp³-hybridized carbons (Fsp3) is 0.111. The summed E-state index contributed by atoms with van der Waals surface area (Å²) in [5, 5.41) is 3.41. The summed E-state index contributed by atoms with van der Waals surface area (Å²) in [6, 6.07) is 10.7. The summed E-state index contributed by atoms with van der Waals surface area (Å²) in [5.74, 6) is -1.13. The molecule has 0 saturated carbocycles. The number of rotatable bonds is 3. The number of carbonyl (C=O) groups excluding carboxylic acids is 2. The summed E-state index contributed by atoms with van der Waals surface area (Å²) in [7, 11) is 1.31. The Bertz CT molecular complexity index is 929. The second-order valence-corrected chi connectivity index (χ2v) is 5.34. The summed E-state index contributed by atoms with van der Waals surface area (Å²) < 4.78 is 18.0. The number of aromatic nitrogens is 1. The molecule has 0 aliphatic heterocycles. The number of hydrogen-bond donors (Lipinski definition) is 2. The van der Waals surface area contributed by atoms with Crippen molar-refractivity contribution >= 4 is 28.5 Å². The first kappa shape index (κ1) is 15.7. The summed E-state index contributed by atoms with van der Waals surface area (Å²) >= 11 is 0. The van der Waals surface area contributed by atoms with Crippen LogP contribution >= 0.6 is 0 Å². The Hall–Kier alpha value is -3.15. The van der Waals surface area contributed by atoms with Crippen LogP contribution in [-0.2, 0) is 4.74 Å². The van der Waals surface area contributed by atoms with E-state index in [0.29, 0.717) is 33.4 Å². The number of anilines is 1. The van der Waals surface area contributed by atoms with E-state index in [-0.39, 0.29) is 11.7 Å². The molecule has 0 fully saturated rings. The molecule has 3 aromatic rings. The van der Waals surface area contributed by atoms with Gasteiger partial charge in [0.25, 0.3) is 5.91 Å². The van der Waals surface area contributed by atoms with E-state index < -0.39 is 5.97 Å². The van der Waals surface area contributed by atoms with E-state index in [0.717, 1.165) is 0 Å². The van der Waals surface area contributed by atoms with Crippen LogP contribution in [-0.4, -0.2) is 24.0 Å². The Morgan fingerprint density at radius 2 is 1.83 bits per heavy atom. The standard InChI is InChI=1S/C18H15FN2O3/c1-10-14-9-12(19)5-8-15(14)21-16(10)17(22)20-13-6-3-11(4-7-13)18(23)24-2/h3-9,21H,1-2H3,(H,20,22). The molecule has 3 rings (SSSR count). The lowest BCUT2D eigenvalue weighted by Crippen LogP contribution is -2.13. The number of hydrogen-bond acceptors (Lipinski definition) is 3. The maximum atomic E-state index is 13.4. The number of benzene rings is 2. The van der Waals surface area contributed by atoms with Gasteiger partial charge in [0.05, 0.1) is 12.7 Å². The number of ether oxygens (including phenoxy) is 1. The molecule has 0 aliphatic rings. The van der Waals surface area contributed by atoms with Gasteiger partial charge in [-0.1, -0.05) is 0 Å². The van der Waals surface area contributed by atoms with Gasteiger partial charge in [-0.3, -0.25) is 4.79 Å². The number of halogens is 1. The minimum atomic E-state index is -0.443. The highest BCUT2D eigenvalue weighted by molar-refractivity contribution is 6.08. The van der Waals surface area contributed by atoms with Crippen LogP contribution in [0.3, 0.4) is 0 Å². The molecule has 1 heterocycles. The molecule has 0 radical (unpaired) electrons. The topological polar surface area (TPSA) is 71.2 Å². The molecule has 0 spiro atoms. The Balaban J connectivity index is 1.85. The van der Waals surface area contributed by atoms with Gasteiger partial charge >= 0.3 is 5.97 Å². The monoisotopic (exact) mass is 326 g/mol. The zero-order chi connectivity index (χ0) is 17.3. The molecule has 122 valence electrons. The first-order valence-electron chi connectivity index (χ1n) is 7.27. The number of carbonyl (C=O) groups is 2. The van der Waals surface area contributed by atoms with Crippen molar-refractivity contribution in [2.75, 3.05) is 12.4 Å². The first-order chi connectivity index (χ1) is 11.5. The van der Waals surface area contributed by atoms with Crippen LogP contribution in [0.15, 0.2) is 42.5 Å². The Labute approximate surface area is 137 Å². The van der Waals surface area contributed by atoms with Gasteiger partial charge < -0.3 is 15.0 Å². The number of esters is 1. The molecule has 1 aromatic heterocycles. The molecule has 0 bridgehead atoms. The second-order valence-electron chi connectivity index (χ2n) is 5.34. The van der Waals surface area contributed by atoms with Gasteiger partial charge in [-0.15, -0.1) is 0 Å². The fourth-order valence-electron chi connectivity index (χ4n) is 2.53. The van der Waals surface area contributed by atoms with Gasteiger partial charge in [0, 0.05) is 16.6 Å². The summed E-state index contributed by atoms with van der Waals surface area (Å²) in [4.78, 5) is 26.8. The molecular weight excluding hydrogens is 311 g/mol. The van der Waals surface area contributed by atoms with Gasteiger partial charge in [-0.2, -0.15) is 0 Å². The number of amides is 1. The Morgan fingerprint density at radius 1 is 1.12 bits per heavy atom. The smallest absolute Gasteiger partial charge is 0.337 e. The van der Waals surface area contributed by atoms with Crippen LogP contribution in [0.25, 0.3) is 10.9 Å². The lowest BCUT2D eigenvalue weighted by atomic mass is 10.1. The minimum absolute atomic E-state index is 0.338. The second kappa shape index (κ2) is 6.16. The molecule has 0 saturated heterocycles. The molecular formula is C18H15FN2O3. The van der Waals surface area contributed by atoms with E-state index in [4.69, 9.17) is 0 Å². The highest BCUT2D eigenvalue weighted by atomic mass is 19.1. The van der Waals surface area contributed by atoms with Crippen LogP contribution in [0.2, 0.25) is 0 Å².